The average Bonchev–Trinajstić information content (AvgIpc) is 2.80. The molecule has 5 heterocycles. The van der Waals surface area contributed by atoms with Gasteiger partial charge in [0, 0.05) is 43.4 Å². The normalized spacial score (nSPS) is 19.6. The zero-order valence-corrected chi connectivity index (χ0v) is 17.6. The van der Waals surface area contributed by atoms with E-state index in [-0.39, 0.29) is 6.04 Å². The Morgan fingerprint density at radius 2 is 2.19 bits per heavy atom. The molecule has 0 spiro atoms. The van der Waals surface area contributed by atoms with E-state index < -0.39 is 6.10 Å². The van der Waals surface area contributed by atoms with Gasteiger partial charge in [-0.3, -0.25) is 0 Å². The van der Waals surface area contributed by atoms with Crippen molar-refractivity contribution >= 4 is 28.5 Å². The molecule has 2 aliphatic rings. The van der Waals surface area contributed by atoms with Gasteiger partial charge in [0.25, 0.3) is 0 Å². The molecule has 31 heavy (non-hydrogen) atoms. The van der Waals surface area contributed by atoms with Crippen LogP contribution in [-0.2, 0) is 17.7 Å². The topological polar surface area (TPSA) is 117 Å². The highest BCUT2D eigenvalue weighted by molar-refractivity contribution is 5.89. The molecule has 0 radical (unpaired) electrons. The Labute approximate surface area is 180 Å². The van der Waals surface area contributed by atoms with E-state index in [2.05, 4.69) is 32.0 Å². The summed E-state index contributed by atoms with van der Waals surface area (Å²) in [6.07, 6.45) is 3.99. The Bertz CT molecular complexity index is 1080. The van der Waals surface area contributed by atoms with E-state index >= 15 is 0 Å². The van der Waals surface area contributed by atoms with Crippen molar-refractivity contribution in [2.75, 3.05) is 30.4 Å². The number of pyridine rings is 2. The average molecular weight is 422 g/mol. The van der Waals surface area contributed by atoms with Crippen LogP contribution < -0.4 is 16.0 Å². The van der Waals surface area contributed by atoms with Crippen LogP contribution in [0.4, 0.5) is 17.6 Å². The second kappa shape index (κ2) is 8.70. The van der Waals surface area contributed by atoms with Crippen LogP contribution in [0.1, 0.15) is 42.8 Å². The molecule has 1 saturated heterocycles. The fourth-order valence-electron chi connectivity index (χ4n) is 4.00. The van der Waals surface area contributed by atoms with Gasteiger partial charge in [0.15, 0.2) is 5.82 Å². The van der Waals surface area contributed by atoms with Gasteiger partial charge in [0.05, 0.1) is 24.4 Å². The largest absolute Gasteiger partial charge is 0.387 e. The number of nitrogens with zero attached hydrogens (tertiary/aromatic N) is 4. The van der Waals surface area contributed by atoms with E-state index in [0.717, 1.165) is 55.9 Å². The molecule has 1 fully saturated rings. The second-order valence-corrected chi connectivity index (χ2v) is 8.12. The zero-order valence-electron chi connectivity index (χ0n) is 17.6. The fraction of sp³-hybridized carbons (Fsp3) is 0.455. The van der Waals surface area contributed by atoms with Crippen LogP contribution >= 0.6 is 0 Å². The Morgan fingerprint density at radius 1 is 1.26 bits per heavy atom. The second-order valence-electron chi connectivity index (χ2n) is 8.12. The summed E-state index contributed by atoms with van der Waals surface area (Å²) in [6, 6.07) is 6.03. The molecular weight excluding hydrogens is 394 g/mol. The monoisotopic (exact) mass is 421 g/mol. The number of ether oxygens (including phenoxy) is 1. The molecule has 4 N–H and O–H groups in total. The molecule has 1 unspecified atom stereocenters. The molecule has 5 rings (SSSR count). The van der Waals surface area contributed by atoms with Gasteiger partial charge in [0.2, 0.25) is 5.95 Å². The summed E-state index contributed by atoms with van der Waals surface area (Å²) in [5.41, 5.74) is 3.62. The smallest absolute Gasteiger partial charge is 0.229 e. The lowest BCUT2D eigenvalue weighted by molar-refractivity contribution is 0.0875. The molecule has 0 amide bonds. The van der Waals surface area contributed by atoms with Gasteiger partial charge in [-0.1, -0.05) is 6.07 Å². The summed E-state index contributed by atoms with van der Waals surface area (Å²) in [7, 11) is 0. The van der Waals surface area contributed by atoms with Crippen molar-refractivity contribution in [3.8, 4) is 0 Å². The van der Waals surface area contributed by atoms with Crippen LogP contribution in [0.5, 0.6) is 0 Å². The van der Waals surface area contributed by atoms with Crippen molar-refractivity contribution in [1.29, 1.82) is 0 Å². The number of hydrogen-bond acceptors (Lipinski definition) is 9. The summed E-state index contributed by atoms with van der Waals surface area (Å²) >= 11 is 0. The van der Waals surface area contributed by atoms with Crippen LogP contribution in [0.2, 0.25) is 0 Å². The lowest BCUT2D eigenvalue weighted by atomic mass is 10.1. The third-order valence-electron chi connectivity index (χ3n) is 5.68. The first-order chi connectivity index (χ1) is 15.2. The molecule has 3 aromatic rings. The number of fused-ring (bicyclic) bond motifs is 2. The summed E-state index contributed by atoms with van der Waals surface area (Å²) in [5, 5.41) is 20.9. The fourth-order valence-corrected chi connectivity index (χ4v) is 4.00. The van der Waals surface area contributed by atoms with E-state index in [1.54, 1.807) is 13.1 Å². The lowest BCUT2D eigenvalue weighted by Crippen LogP contribution is -2.30. The van der Waals surface area contributed by atoms with Crippen LogP contribution in [-0.4, -0.2) is 50.8 Å². The molecular formula is C22H27N7O2. The predicted octanol–water partition coefficient (Wildman–Crippen LogP) is 2.45. The summed E-state index contributed by atoms with van der Waals surface area (Å²) < 4.78 is 5.59. The highest BCUT2D eigenvalue weighted by Crippen LogP contribution is 2.27. The minimum absolute atomic E-state index is 0.163. The molecule has 0 bridgehead atoms. The molecule has 3 aromatic heterocycles. The third kappa shape index (κ3) is 4.43. The maximum atomic E-state index is 10.1. The summed E-state index contributed by atoms with van der Waals surface area (Å²) in [4.78, 5) is 18.6. The first kappa shape index (κ1) is 20.0. The van der Waals surface area contributed by atoms with Crippen molar-refractivity contribution in [3.05, 3.63) is 41.3 Å². The van der Waals surface area contributed by atoms with E-state index in [1.165, 1.54) is 5.56 Å². The van der Waals surface area contributed by atoms with Crippen molar-refractivity contribution in [3.63, 3.8) is 0 Å². The predicted molar refractivity (Wildman–Crippen MR) is 118 cm³/mol. The minimum Gasteiger partial charge on any atom is -0.387 e. The molecule has 162 valence electrons. The number of rotatable bonds is 5. The minimum atomic E-state index is -0.681. The zero-order chi connectivity index (χ0) is 21.2. The molecule has 2 atom stereocenters. The number of anilines is 3. The van der Waals surface area contributed by atoms with Gasteiger partial charge >= 0.3 is 0 Å². The van der Waals surface area contributed by atoms with E-state index in [0.29, 0.717) is 29.6 Å². The SMILES string of the molecule is CC(O)c1cc2cnc(Nc3ccc4c(n3)CCNC4)nc2c(N[C@H]2CCCOC2)n1. The van der Waals surface area contributed by atoms with Gasteiger partial charge < -0.3 is 25.8 Å². The first-order valence-corrected chi connectivity index (χ1v) is 10.8. The summed E-state index contributed by atoms with van der Waals surface area (Å²) in [6.45, 7) is 4.92. The number of aromatic nitrogens is 4. The Morgan fingerprint density at radius 3 is 3.03 bits per heavy atom. The molecule has 2 aliphatic heterocycles. The maximum absolute atomic E-state index is 10.1. The van der Waals surface area contributed by atoms with E-state index in [1.807, 2.05) is 12.1 Å². The standard InChI is InChI=1S/C22H27N7O2/c1-13(30)18-9-15-11-24-22(28-19-5-4-14-10-23-7-6-17(14)26-19)29-20(15)21(27-18)25-16-3-2-8-31-12-16/h4-5,9,11,13,16,23,30H,2-3,6-8,10,12H2,1H3,(H,25,27)(H,24,26,28,29)/t13?,16-/m0/s1. The molecule has 9 nitrogen and oxygen atoms in total. The highest BCUT2D eigenvalue weighted by atomic mass is 16.5. The van der Waals surface area contributed by atoms with Gasteiger partial charge in [-0.2, -0.15) is 0 Å². The molecule has 9 heteroatoms. The van der Waals surface area contributed by atoms with Crippen LogP contribution in [0.3, 0.4) is 0 Å². The first-order valence-electron chi connectivity index (χ1n) is 10.8. The van der Waals surface area contributed by atoms with Crippen LogP contribution in [0.15, 0.2) is 24.4 Å². The Kier molecular flexibility index (Phi) is 5.63. The summed E-state index contributed by atoms with van der Waals surface area (Å²) in [5.74, 6) is 1.82. The third-order valence-corrected chi connectivity index (χ3v) is 5.68. The number of hydrogen-bond donors (Lipinski definition) is 4. The van der Waals surface area contributed by atoms with Crippen molar-refractivity contribution in [2.45, 2.75) is 44.9 Å². The van der Waals surface area contributed by atoms with Crippen molar-refractivity contribution < 1.29 is 9.84 Å². The van der Waals surface area contributed by atoms with Crippen LogP contribution in [0.25, 0.3) is 10.9 Å². The Balaban J connectivity index is 1.47. The number of nitrogens with one attached hydrogen (secondary N) is 3. The lowest BCUT2D eigenvalue weighted by Gasteiger charge is -2.24. The van der Waals surface area contributed by atoms with Gasteiger partial charge in [-0.05, 0) is 37.5 Å². The van der Waals surface area contributed by atoms with Gasteiger partial charge in [0.1, 0.15) is 11.3 Å². The maximum Gasteiger partial charge on any atom is 0.229 e. The van der Waals surface area contributed by atoms with E-state index in [9.17, 15) is 5.11 Å². The number of aliphatic hydroxyl groups excluding tert-OH is 1. The quantitative estimate of drug-likeness (QED) is 0.493. The number of aliphatic hydroxyl groups is 1. The van der Waals surface area contributed by atoms with E-state index in [4.69, 9.17) is 14.7 Å². The Hall–Kier alpha value is -2.88. The van der Waals surface area contributed by atoms with Crippen molar-refractivity contribution in [2.24, 2.45) is 0 Å². The molecule has 0 saturated carbocycles. The molecule has 0 aromatic carbocycles. The van der Waals surface area contributed by atoms with Gasteiger partial charge in [-0.15, -0.1) is 0 Å². The highest BCUT2D eigenvalue weighted by Gasteiger charge is 2.19. The van der Waals surface area contributed by atoms with Crippen molar-refractivity contribution in [1.82, 2.24) is 25.3 Å². The van der Waals surface area contributed by atoms with Gasteiger partial charge in [-0.25, -0.2) is 19.9 Å². The molecule has 0 aliphatic carbocycles. The van der Waals surface area contributed by atoms with Crippen LogP contribution in [0, 0.1) is 0 Å².